The lowest BCUT2D eigenvalue weighted by molar-refractivity contribution is 0.0435. The Morgan fingerprint density at radius 1 is 0.960 bits per heavy atom. The van der Waals surface area contributed by atoms with Crippen molar-refractivity contribution < 1.29 is 8.42 Å². The van der Waals surface area contributed by atoms with E-state index < -0.39 is 10.0 Å². The molecule has 2 aliphatic heterocycles. The molecule has 25 heavy (non-hydrogen) atoms. The third-order valence-corrected chi connectivity index (χ3v) is 7.38. The van der Waals surface area contributed by atoms with Gasteiger partial charge in [0.15, 0.2) is 0 Å². The van der Waals surface area contributed by atoms with E-state index in [9.17, 15) is 8.42 Å². The second-order valence-electron chi connectivity index (χ2n) is 6.91. The van der Waals surface area contributed by atoms with Gasteiger partial charge in [-0.05, 0) is 17.2 Å². The summed E-state index contributed by atoms with van der Waals surface area (Å²) in [5.41, 5.74) is 1.95. The van der Waals surface area contributed by atoms with Crippen molar-refractivity contribution in [1.29, 1.82) is 0 Å². The Hall–Kier alpha value is -1.40. The summed E-state index contributed by atoms with van der Waals surface area (Å²) in [4.78, 5) is 2.34. The average molecular weight is 377 g/mol. The fourth-order valence-corrected chi connectivity index (χ4v) is 5.63. The maximum absolute atomic E-state index is 12.7. The number of fused-ring (bicyclic) bond motifs is 1. The zero-order valence-electron chi connectivity index (χ0n) is 13.9. The first-order chi connectivity index (χ1) is 12.0. The molecule has 2 atom stereocenters. The van der Waals surface area contributed by atoms with Gasteiger partial charge in [0.05, 0.1) is 5.75 Å². The molecule has 2 aromatic carbocycles. The number of hydrogen-bond acceptors (Lipinski definition) is 3. The van der Waals surface area contributed by atoms with E-state index in [-0.39, 0.29) is 5.75 Å². The largest absolute Gasteiger partial charge is 0.294 e. The Bertz CT molecular complexity index is 857. The molecule has 132 valence electrons. The minimum atomic E-state index is -3.26. The number of halogens is 1. The predicted molar refractivity (Wildman–Crippen MR) is 99.8 cm³/mol. The molecular weight excluding hydrogens is 356 g/mol. The molecule has 0 unspecified atom stereocenters. The van der Waals surface area contributed by atoms with Gasteiger partial charge in [-0.25, -0.2) is 8.42 Å². The van der Waals surface area contributed by atoms with E-state index in [0.717, 1.165) is 29.2 Å². The second-order valence-corrected chi connectivity index (χ2v) is 9.28. The maximum Gasteiger partial charge on any atom is 0.218 e. The van der Waals surface area contributed by atoms with Crippen molar-refractivity contribution in [1.82, 2.24) is 9.21 Å². The number of rotatable bonds is 5. The fraction of sp³-hybridized carbons (Fsp3) is 0.368. The molecule has 2 saturated heterocycles. The maximum atomic E-state index is 12.7. The first-order valence-electron chi connectivity index (χ1n) is 8.52. The molecule has 0 N–H and O–H groups in total. The average Bonchev–Trinajstić information content (AvgIpc) is 2.93. The summed E-state index contributed by atoms with van der Waals surface area (Å²) < 4.78 is 27.1. The van der Waals surface area contributed by atoms with Crippen molar-refractivity contribution in [3.8, 4) is 0 Å². The Labute approximate surface area is 154 Å². The van der Waals surface area contributed by atoms with Gasteiger partial charge in [-0.3, -0.25) is 4.90 Å². The molecule has 2 aromatic rings. The molecular formula is C19H21ClN2O2S. The van der Waals surface area contributed by atoms with Gasteiger partial charge in [-0.2, -0.15) is 4.31 Å². The fourth-order valence-electron chi connectivity index (χ4n) is 3.84. The van der Waals surface area contributed by atoms with Crippen LogP contribution in [0.5, 0.6) is 0 Å². The molecule has 0 radical (unpaired) electrons. The standard InChI is InChI=1S/C19H21ClN2O2S/c20-18-9-5-4-8-16(18)10-21-11-17-12-22(13-19(17)21)25(23,24)14-15-6-2-1-3-7-15/h1-9,17,19H,10-14H2/t17-,19-/m1/s1. The van der Waals surface area contributed by atoms with E-state index in [2.05, 4.69) is 4.90 Å². The topological polar surface area (TPSA) is 40.6 Å². The van der Waals surface area contributed by atoms with Crippen molar-refractivity contribution in [2.24, 2.45) is 5.92 Å². The Balaban J connectivity index is 1.41. The minimum absolute atomic E-state index is 0.0811. The number of sulfonamides is 1. The predicted octanol–water partition coefficient (Wildman–Crippen LogP) is 2.99. The number of likely N-dealkylation sites (tertiary alicyclic amines) is 1. The van der Waals surface area contributed by atoms with Crippen LogP contribution in [0.3, 0.4) is 0 Å². The first kappa shape index (κ1) is 17.0. The monoisotopic (exact) mass is 376 g/mol. The minimum Gasteiger partial charge on any atom is -0.294 e. The van der Waals surface area contributed by atoms with E-state index in [4.69, 9.17) is 11.6 Å². The van der Waals surface area contributed by atoms with Gasteiger partial charge in [0.25, 0.3) is 0 Å². The molecule has 0 aliphatic carbocycles. The lowest BCUT2D eigenvalue weighted by Gasteiger charge is -2.43. The number of benzene rings is 2. The van der Waals surface area contributed by atoms with Gasteiger partial charge in [0.2, 0.25) is 10.0 Å². The second kappa shape index (κ2) is 6.72. The van der Waals surface area contributed by atoms with Crippen LogP contribution < -0.4 is 0 Å². The molecule has 2 heterocycles. The molecule has 6 heteroatoms. The van der Waals surface area contributed by atoms with Crippen molar-refractivity contribution >= 4 is 21.6 Å². The van der Waals surface area contributed by atoms with Crippen molar-refractivity contribution in [2.75, 3.05) is 19.6 Å². The van der Waals surface area contributed by atoms with Crippen molar-refractivity contribution in [3.63, 3.8) is 0 Å². The van der Waals surface area contributed by atoms with Crippen LogP contribution in [-0.2, 0) is 22.3 Å². The lowest BCUT2D eigenvalue weighted by atomic mass is 9.91. The van der Waals surface area contributed by atoms with Gasteiger partial charge in [-0.15, -0.1) is 0 Å². The van der Waals surface area contributed by atoms with Crippen molar-refractivity contribution in [3.05, 3.63) is 70.7 Å². The van der Waals surface area contributed by atoms with E-state index in [1.54, 1.807) is 4.31 Å². The third kappa shape index (κ3) is 3.47. The highest BCUT2D eigenvalue weighted by Crippen LogP contribution is 2.36. The molecule has 2 fully saturated rings. The third-order valence-electron chi connectivity index (χ3n) is 5.23. The van der Waals surface area contributed by atoms with Crippen LogP contribution in [0.1, 0.15) is 11.1 Å². The smallest absolute Gasteiger partial charge is 0.218 e. The highest BCUT2D eigenvalue weighted by molar-refractivity contribution is 7.88. The van der Waals surface area contributed by atoms with Gasteiger partial charge < -0.3 is 0 Å². The van der Waals surface area contributed by atoms with Crippen LogP contribution >= 0.6 is 11.6 Å². The van der Waals surface area contributed by atoms with Gasteiger partial charge in [-0.1, -0.05) is 60.1 Å². The Kier molecular flexibility index (Phi) is 4.58. The summed E-state index contributed by atoms with van der Waals surface area (Å²) >= 11 is 6.25. The molecule has 0 amide bonds. The molecule has 0 spiro atoms. The van der Waals surface area contributed by atoms with Crippen LogP contribution in [0, 0.1) is 5.92 Å². The SMILES string of the molecule is O=S(=O)(Cc1ccccc1)N1C[C@H]2CN(Cc3ccccc3Cl)[C@@H]2C1. The summed E-state index contributed by atoms with van der Waals surface area (Å²) in [6.45, 7) is 2.95. The van der Waals surface area contributed by atoms with Gasteiger partial charge in [0, 0.05) is 43.2 Å². The van der Waals surface area contributed by atoms with E-state index in [0.29, 0.717) is 25.0 Å². The zero-order chi connectivity index (χ0) is 17.4. The quantitative estimate of drug-likeness (QED) is 0.805. The molecule has 4 nitrogen and oxygen atoms in total. The van der Waals surface area contributed by atoms with Gasteiger partial charge in [0.1, 0.15) is 0 Å². The Morgan fingerprint density at radius 2 is 1.68 bits per heavy atom. The van der Waals surface area contributed by atoms with Crippen LogP contribution in [0.25, 0.3) is 0 Å². The van der Waals surface area contributed by atoms with Crippen LogP contribution in [0.4, 0.5) is 0 Å². The zero-order valence-corrected chi connectivity index (χ0v) is 15.5. The number of nitrogens with zero attached hydrogens (tertiary/aromatic N) is 2. The highest BCUT2D eigenvalue weighted by atomic mass is 35.5. The van der Waals surface area contributed by atoms with E-state index >= 15 is 0 Å². The molecule has 0 bridgehead atoms. The summed E-state index contributed by atoms with van der Waals surface area (Å²) in [5.74, 6) is 0.519. The molecule has 0 aromatic heterocycles. The summed E-state index contributed by atoms with van der Waals surface area (Å²) in [7, 11) is -3.26. The normalized spacial score (nSPS) is 24.0. The first-order valence-corrected chi connectivity index (χ1v) is 10.5. The molecule has 2 aliphatic rings. The Morgan fingerprint density at radius 3 is 2.44 bits per heavy atom. The van der Waals surface area contributed by atoms with E-state index in [1.165, 1.54) is 0 Å². The number of hydrogen-bond donors (Lipinski definition) is 0. The van der Waals surface area contributed by atoms with Crippen LogP contribution in [0.15, 0.2) is 54.6 Å². The molecule has 4 rings (SSSR count). The summed E-state index contributed by atoms with van der Waals surface area (Å²) in [5, 5.41) is 0.775. The van der Waals surface area contributed by atoms with Crippen LogP contribution in [0.2, 0.25) is 5.02 Å². The highest BCUT2D eigenvalue weighted by Gasteiger charge is 2.48. The van der Waals surface area contributed by atoms with E-state index in [1.807, 2.05) is 54.6 Å². The summed E-state index contributed by atoms with van der Waals surface area (Å²) in [6, 6.07) is 17.6. The van der Waals surface area contributed by atoms with Gasteiger partial charge >= 0.3 is 0 Å². The van der Waals surface area contributed by atoms with Crippen molar-refractivity contribution in [2.45, 2.75) is 18.3 Å². The lowest BCUT2D eigenvalue weighted by Crippen LogP contribution is -2.54. The van der Waals surface area contributed by atoms with Crippen LogP contribution in [-0.4, -0.2) is 43.3 Å². The summed E-state index contributed by atoms with van der Waals surface area (Å²) in [6.07, 6.45) is 0. The molecule has 0 saturated carbocycles.